The lowest BCUT2D eigenvalue weighted by atomic mass is 10.0. The summed E-state index contributed by atoms with van der Waals surface area (Å²) in [6, 6.07) is 8.27. The van der Waals surface area contributed by atoms with Crippen LogP contribution < -0.4 is 5.32 Å². The summed E-state index contributed by atoms with van der Waals surface area (Å²) in [6.45, 7) is 5.49. The molecule has 3 N–H and O–H groups in total. The van der Waals surface area contributed by atoms with Gasteiger partial charge in [-0.2, -0.15) is 0 Å². The van der Waals surface area contributed by atoms with Gasteiger partial charge in [0.05, 0.1) is 12.1 Å². The minimum atomic E-state index is -0.584. The summed E-state index contributed by atoms with van der Waals surface area (Å²) < 4.78 is 0. The van der Waals surface area contributed by atoms with Crippen molar-refractivity contribution >= 4 is 17.7 Å². The first-order valence-corrected chi connectivity index (χ1v) is 8.87. The van der Waals surface area contributed by atoms with Gasteiger partial charge in [0.15, 0.2) is 0 Å². The number of H-pyrrole nitrogens is 1. The van der Waals surface area contributed by atoms with Gasteiger partial charge in [-0.1, -0.05) is 18.2 Å². The van der Waals surface area contributed by atoms with E-state index in [1.165, 1.54) is 10.5 Å². The number of aromatic nitrogens is 1. The number of aliphatic hydroxyl groups excluding tert-OH is 1. The third kappa shape index (κ3) is 3.03. The topological polar surface area (TPSA) is 65.1 Å². The molecule has 5 heteroatoms. The van der Waals surface area contributed by atoms with Crippen LogP contribution in [0.15, 0.2) is 29.2 Å². The van der Waals surface area contributed by atoms with Gasteiger partial charge in [-0.3, -0.25) is 4.79 Å². The molecule has 0 aliphatic carbocycles. The van der Waals surface area contributed by atoms with E-state index in [0.717, 1.165) is 29.0 Å². The number of hydrogen-bond donors (Lipinski definition) is 3. The van der Waals surface area contributed by atoms with Crippen molar-refractivity contribution in [3.63, 3.8) is 0 Å². The third-order valence-electron chi connectivity index (χ3n) is 4.40. The van der Waals surface area contributed by atoms with Crippen molar-refractivity contribution in [3.05, 3.63) is 52.3 Å². The molecule has 0 spiro atoms. The van der Waals surface area contributed by atoms with E-state index < -0.39 is 6.10 Å². The smallest absolute Gasteiger partial charge is 0.268 e. The summed E-state index contributed by atoms with van der Waals surface area (Å²) in [5, 5.41) is 13.0. The maximum atomic E-state index is 12.7. The van der Waals surface area contributed by atoms with E-state index in [4.69, 9.17) is 0 Å². The normalized spacial score (nSPS) is 18.3. The van der Waals surface area contributed by atoms with Gasteiger partial charge in [-0.25, -0.2) is 0 Å². The van der Waals surface area contributed by atoms with Gasteiger partial charge in [0.1, 0.15) is 5.69 Å². The molecule has 122 valence electrons. The molecular formula is C18H22N2O2S. The summed E-state index contributed by atoms with van der Waals surface area (Å²) >= 11 is 1.84. The molecule has 0 radical (unpaired) electrons. The fourth-order valence-electron chi connectivity index (χ4n) is 3.34. The van der Waals surface area contributed by atoms with Gasteiger partial charge in [-0.05, 0) is 44.4 Å². The SMILES string of the molecule is Cc1[nH]c(C(=O)N[C@@H]2CCSc3ccccc32)c(C)c1[C@H](C)O. The zero-order chi connectivity index (χ0) is 16.6. The number of aliphatic hydroxyl groups is 1. The molecule has 1 aliphatic heterocycles. The van der Waals surface area contributed by atoms with Crippen LogP contribution in [0.25, 0.3) is 0 Å². The third-order valence-corrected chi connectivity index (χ3v) is 5.53. The van der Waals surface area contributed by atoms with Gasteiger partial charge >= 0.3 is 0 Å². The molecule has 4 nitrogen and oxygen atoms in total. The Bertz CT molecular complexity index is 737. The Hall–Kier alpha value is -1.72. The zero-order valence-corrected chi connectivity index (χ0v) is 14.5. The quantitative estimate of drug-likeness (QED) is 0.805. The van der Waals surface area contributed by atoms with E-state index in [9.17, 15) is 9.90 Å². The standard InChI is InChI=1S/C18H22N2O2S/c1-10-16(12(3)21)11(2)19-17(10)18(22)20-14-8-9-23-15-7-5-4-6-13(14)15/h4-7,12,14,19,21H,8-9H2,1-3H3,(H,20,22)/t12-,14+/m0/s1. The summed E-state index contributed by atoms with van der Waals surface area (Å²) in [7, 11) is 0. The van der Waals surface area contributed by atoms with Crippen LogP contribution in [-0.4, -0.2) is 21.8 Å². The number of aryl methyl sites for hydroxylation is 1. The van der Waals surface area contributed by atoms with E-state index in [0.29, 0.717) is 5.69 Å². The lowest BCUT2D eigenvalue weighted by Gasteiger charge is -2.25. The van der Waals surface area contributed by atoms with Gasteiger partial charge in [0.2, 0.25) is 0 Å². The van der Waals surface area contributed by atoms with E-state index in [1.54, 1.807) is 6.92 Å². The first-order chi connectivity index (χ1) is 11.0. The molecular weight excluding hydrogens is 308 g/mol. The number of nitrogens with one attached hydrogen (secondary N) is 2. The van der Waals surface area contributed by atoms with E-state index in [-0.39, 0.29) is 11.9 Å². The van der Waals surface area contributed by atoms with Crippen LogP contribution in [0.4, 0.5) is 0 Å². The number of benzene rings is 1. The molecule has 3 rings (SSSR count). The van der Waals surface area contributed by atoms with Crippen LogP contribution >= 0.6 is 11.8 Å². The van der Waals surface area contributed by atoms with Crippen LogP contribution in [-0.2, 0) is 0 Å². The number of rotatable bonds is 3. The highest BCUT2D eigenvalue weighted by Gasteiger charge is 2.25. The number of hydrogen-bond acceptors (Lipinski definition) is 3. The minimum Gasteiger partial charge on any atom is -0.389 e. The molecule has 0 bridgehead atoms. The van der Waals surface area contributed by atoms with E-state index >= 15 is 0 Å². The van der Waals surface area contributed by atoms with Crippen LogP contribution in [0.3, 0.4) is 0 Å². The first kappa shape index (κ1) is 16.1. The number of thioether (sulfide) groups is 1. The molecule has 1 aromatic carbocycles. The van der Waals surface area contributed by atoms with Crippen molar-refractivity contribution in [3.8, 4) is 0 Å². The summed E-state index contributed by atoms with van der Waals surface area (Å²) in [6.07, 6.45) is 0.342. The molecule has 1 amide bonds. The van der Waals surface area contributed by atoms with E-state index in [1.807, 2.05) is 37.7 Å². The van der Waals surface area contributed by atoms with Gasteiger partial charge in [0, 0.05) is 21.9 Å². The van der Waals surface area contributed by atoms with Crippen molar-refractivity contribution in [2.45, 2.75) is 44.2 Å². The van der Waals surface area contributed by atoms with Crippen LogP contribution in [0, 0.1) is 13.8 Å². The molecule has 2 heterocycles. The Balaban J connectivity index is 1.85. The Morgan fingerprint density at radius 2 is 2.13 bits per heavy atom. The maximum Gasteiger partial charge on any atom is 0.268 e. The lowest BCUT2D eigenvalue weighted by molar-refractivity contribution is 0.0929. The van der Waals surface area contributed by atoms with Gasteiger partial charge < -0.3 is 15.4 Å². The highest BCUT2D eigenvalue weighted by molar-refractivity contribution is 7.99. The number of carbonyl (C=O) groups excluding carboxylic acids is 1. The first-order valence-electron chi connectivity index (χ1n) is 7.88. The summed E-state index contributed by atoms with van der Waals surface area (Å²) in [4.78, 5) is 17.1. The second-order valence-electron chi connectivity index (χ2n) is 6.04. The number of fused-ring (bicyclic) bond motifs is 1. The number of carbonyl (C=O) groups is 1. The molecule has 0 fully saturated rings. The highest BCUT2D eigenvalue weighted by atomic mass is 32.2. The second-order valence-corrected chi connectivity index (χ2v) is 7.18. The van der Waals surface area contributed by atoms with Crippen molar-refractivity contribution in [1.29, 1.82) is 0 Å². The van der Waals surface area contributed by atoms with Crippen molar-refractivity contribution < 1.29 is 9.90 Å². The molecule has 1 aliphatic rings. The molecule has 2 atom stereocenters. The molecule has 0 saturated carbocycles. The Kier molecular flexibility index (Phi) is 4.50. The predicted molar refractivity (Wildman–Crippen MR) is 92.9 cm³/mol. The van der Waals surface area contributed by atoms with Gasteiger partial charge in [-0.15, -0.1) is 11.8 Å². The van der Waals surface area contributed by atoms with Crippen LogP contribution in [0.1, 0.15) is 58.4 Å². The largest absolute Gasteiger partial charge is 0.389 e. The molecule has 0 unspecified atom stereocenters. The summed E-state index contributed by atoms with van der Waals surface area (Å²) in [5.74, 6) is 0.896. The fourth-order valence-corrected chi connectivity index (χ4v) is 4.47. The Morgan fingerprint density at radius 3 is 2.83 bits per heavy atom. The van der Waals surface area contributed by atoms with E-state index in [2.05, 4.69) is 22.4 Å². The van der Waals surface area contributed by atoms with Crippen molar-refractivity contribution in [1.82, 2.24) is 10.3 Å². The average molecular weight is 330 g/mol. The molecule has 1 aromatic heterocycles. The number of aromatic amines is 1. The minimum absolute atomic E-state index is 0.0398. The Labute approximate surface area is 140 Å². The van der Waals surface area contributed by atoms with Gasteiger partial charge in [0.25, 0.3) is 5.91 Å². The monoisotopic (exact) mass is 330 g/mol. The average Bonchev–Trinajstić information content (AvgIpc) is 2.82. The molecule has 23 heavy (non-hydrogen) atoms. The second kappa shape index (κ2) is 6.42. The highest BCUT2D eigenvalue weighted by Crippen LogP contribution is 2.36. The Morgan fingerprint density at radius 1 is 1.39 bits per heavy atom. The zero-order valence-electron chi connectivity index (χ0n) is 13.6. The fraction of sp³-hybridized carbons (Fsp3) is 0.389. The van der Waals surface area contributed by atoms with Crippen LogP contribution in [0.5, 0.6) is 0 Å². The van der Waals surface area contributed by atoms with Crippen molar-refractivity contribution in [2.24, 2.45) is 0 Å². The molecule has 0 saturated heterocycles. The lowest BCUT2D eigenvalue weighted by Crippen LogP contribution is -2.31. The number of amides is 1. The molecule has 2 aromatic rings. The maximum absolute atomic E-state index is 12.7. The van der Waals surface area contributed by atoms with Crippen molar-refractivity contribution in [2.75, 3.05) is 5.75 Å². The van der Waals surface area contributed by atoms with Crippen LogP contribution in [0.2, 0.25) is 0 Å². The summed E-state index contributed by atoms with van der Waals surface area (Å²) in [5.41, 5.74) is 4.23. The predicted octanol–water partition coefficient (Wildman–Crippen LogP) is 3.65.